The fourth-order valence-electron chi connectivity index (χ4n) is 1.65. The van der Waals surface area contributed by atoms with Crippen molar-refractivity contribution in [2.24, 2.45) is 0 Å². The summed E-state index contributed by atoms with van der Waals surface area (Å²) >= 11 is 1.11. The minimum Gasteiger partial charge on any atom is -0.411 e. The van der Waals surface area contributed by atoms with Crippen LogP contribution in [0, 0.1) is 10.1 Å². The molecule has 0 spiro atoms. The molecule has 1 aromatic heterocycles. The van der Waals surface area contributed by atoms with E-state index in [1.807, 2.05) is 0 Å². The average Bonchev–Trinajstić information content (AvgIpc) is 3.01. The maximum atomic E-state index is 11.8. The van der Waals surface area contributed by atoms with Crippen LogP contribution in [0.3, 0.4) is 0 Å². The number of thioether (sulfide) groups is 1. The van der Waals surface area contributed by atoms with E-state index in [0.717, 1.165) is 11.8 Å². The summed E-state index contributed by atoms with van der Waals surface area (Å²) in [7, 11) is 0. The molecule has 2 aromatic rings. The Kier molecular flexibility index (Phi) is 5.47. The number of nitrogens with zero attached hydrogens (tertiary/aromatic N) is 3. The smallest absolute Gasteiger partial charge is 0.277 e. The standard InChI is InChI=1S/C14H14N4O4S/c1-3-7-15-12(19)9(2)23-14-17-16-13(22-14)10-5-4-6-11(8-10)18(20)21/h3-6,8-9H,1,7H2,2H3,(H,15,19)/t9-/m0/s1. The lowest BCUT2D eigenvalue weighted by molar-refractivity contribution is -0.384. The van der Waals surface area contributed by atoms with E-state index in [2.05, 4.69) is 22.1 Å². The molecular weight excluding hydrogens is 320 g/mol. The van der Waals surface area contributed by atoms with Gasteiger partial charge in [-0.25, -0.2) is 0 Å². The Hall–Kier alpha value is -2.68. The molecule has 0 aliphatic rings. The number of aromatic nitrogens is 2. The highest BCUT2D eigenvalue weighted by atomic mass is 32.2. The number of non-ortho nitro benzene ring substituents is 1. The van der Waals surface area contributed by atoms with Crippen molar-refractivity contribution in [1.82, 2.24) is 15.5 Å². The van der Waals surface area contributed by atoms with E-state index in [1.54, 1.807) is 19.1 Å². The molecule has 2 rings (SSSR count). The molecule has 1 amide bonds. The van der Waals surface area contributed by atoms with Crippen LogP contribution < -0.4 is 5.32 Å². The lowest BCUT2D eigenvalue weighted by Gasteiger charge is -2.07. The van der Waals surface area contributed by atoms with Gasteiger partial charge in [-0.15, -0.1) is 16.8 Å². The molecule has 0 saturated carbocycles. The molecule has 1 aromatic carbocycles. The Morgan fingerprint density at radius 1 is 1.57 bits per heavy atom. The van der Waals surface area contributed by atoms with Crippen molar-refractivity contribution in [1.29, 1.82) is 0 Å². The molecule has 8 nitrogen and oxygen atoms in total. The number of nitro benzene ring substituents is 1. The molecule has 1 N–H and O–H groups in total. The van der Waals surface area contributed by atoms with Crippen LogP contribution in [-0.2, 0) is 4.79 Å². The summed E-state index contributed by atoms with van der Waals surface area (Å²) in [5.41, 5.74) is 0.384. The zero-order chi connectivity index (χ0) is 16.8. The minimum atomic E-state index is -0.498. The SMILES string of the molecule is C=CCNC(=O)[C@H](C)Sc1nnc(-c2cccc([N+](=O)[O-])c2)o1. The van der Waals surface area contributed by atoms with E-state index >= 15 is 0 Å². The molecule has 1 atom stereocenters. The molecule has 0 bridgehead atoms. The van der Waals surface area contributed by atoms with Crippen LogP contribution in [0.15, 0.2) is 46.6 Å². The van der Waals surface area contributed by atoms with Crippen molar-refractivity contribution in [3.05, 3.63) is 47.0 Å². The van der Waals surface area contributed by atoms with Crippen LogP contribution in [0.5, 0.6) is 0 Å². The van der Waals surface area contributed by atoms with E-state index < -0.39 is 10.2 Å². The van der Waals surface area contributed by atoms with Crippen molar-refractivity contribution >= 4 is 23.4 Å². The van der Waals surface area contributed by atoms with Gasteiger partial charge in [0.25, 0.3) is 10.9 Å². The summed E-state index contributed by atoms with van der Waals surface area (Å²) in [6, 6.07) is 5.90. The van der Waals surface area contributed by atoms with Crippen molar-refractivity contribution in [2.45, 2.75) is 17.4 Å². The summed E-state index contributed by atoms with van der Waals surface area (Å²) in [5.74, 6) is -0.0140. The van der Waals surface area contributed by atoms with Crippen LogP contribution in [0.4, 0.5) is 5.69 Å². The number of hydrogen-bond donors (Lipinski definition) is 1. The normalized spacial score (nSPS) is 11.7. The highest BCUT2D eigenvalue weighted by Gasteiger charge is 2.18. The number of carbonyl (C=O) groups is 1. The van der Waals surface area contributed by atoms with Gasteiger partial charge in [0.15, 0.2) is 0 Å². The van der Waals surface area contributed by atoms with Crippen LogP contribution in [0.2, 0.25) is 0 Å². The highest BCUT2D eigenvalue weighted by Crippen LogP contribution is 2.27. The Labute approximate surface area is 136 Å². The molecule has 0 fully saturated rings. The maximum absolute atomic E-state index is 11.8. The predicted octanol–water partition coefficient (Wildman–Crippen LogP) is 2.43. The van der Waals surface area contributed by atoms with Crippen molar-refractivity contribution in [2.75, 3.05) is 6.54 Å². The first-order chi connectivity index (χ1) is 11.0. The van der Waals surface area contributed by atoms with Gasteiger partial charge in [-0.2, -0.15) is 0 Å². The minimum absolute atomic E-state index is 0.0629. The molecular formula is C14H14N4O4S. The number of nitro groups is 1. The van der Waals surface area contributed by atoms with Gasteiger partial charge < -0.3 is 9.73 Å². The van der Waals surface area contributed by atoms with E-state index in [9.17, 15) is 14.9 Å². The molecule has 0 unspecified atom stereocenters. The van der Waals surface area contributed by atoms with Crippen LogP contribution in [0.1, 0.15) is 6.92 Å². The second-order valence-corrected chi connectivity index (χ2v) is 5.77. The topological polar surface area (TPSA) is 111 Å². The van der Waals surface area contributed by atoms with Gasteiger partial charge in [-0.1, -0.05) is 23.9 Å². The third kappa shape index (κ3) is 4.39. The number of hydrogen-bond acceptors (Lipinski definition) is 7. The van der Waals surface area contributed by atoms with E-state index in [-0.39, 0.29) is 22.7 Å². The molecule has 0 saturated heterocycles. The zero-order valence-electron chi connectivity index (χ0n) is 12.3. The van der Waals surface area contributed by atoms with Crippen molar-refractivity contribution in [3.63, 3.8) is 0 Å². The van der Waals surface area contributed by atoms with Gasteiger partial charge in [-0.05, 0) is 13.0 Å². The largest absolute Gasteiger partial charge is 0.411 e. The molecule has 1 heterocycles. The van der Waals surface area contributed by atoms with Gasteiger partial charge in [0.2, 0.25) is 11.8 Å². The van der Waals surface area contributed by atoms with Gasteiger partial charge in [0.1, 0.15) is 0 Å². The number of carbonyl (C=O) groups excluding carboxylic acids is 1. The Morgan fingerprint density at radius 3 is 3.04 bits per heavy atom. The second-order valence-electron chi connectivity index (χ2n) is 4.47. The molecule has 0 radical (unpaired) electrons. The summed E-state index contributed by atoms with van der Waals surface area (Å²) < 4.78 is 5.45. The van der Waals surface area contributed by atoms with Crippen LogP contribution in [0.25, 0.3) is 11.5 Å². The summed E-state index contributed by atoms with van der Waals surface area (Å²) in [6.45, 7) is 5.61. The third-order valence-corrected chi connectivity index (χ3v) is 3.71. The number of nitrogens with one attached hydrogen (secondary N) is 1. The first kappa shape index (κ1) is 16.7. The molecule has 0 aliphatic heterocycles. The maximum Gasteiger partial charge on any atom is 0.277 e. The average molecular weight is 334 g/mol. The Morgan fingerprint density at radius 2 is 2.35 bits per heavy atom. The molecule has 0 aliphatic carbocycles. The van der Waals surface area contributed by atoms with Crippen molar-refractivity contribution in [3.8, 4) is 11.5 Å². The van der Waals surface area contributed by atoms with Gasteiger partial charge in [0.05, 0.1) is 10.2 Å². The predicted molar refractivity (Wildman–Crippen MR) is 84.9 cm³/mol. The Bertz CT molecular complexity index is 731. The van der Waals surface area contributed by atoms with E-state index in [1.165, 1.54) is 18.2 Å². The molecule has 23 heavy (non-hydrogen) atoms. The van der Waals surface area contributed by atoms with Gasteiger partial charge >= 0.3 is 0 Å². The highest BCUT2D eigenvalue weighted by molar-refractivity contribution is 8.00. The fraction of sp³-hybridized carbons (Fsp3) is 0.214. The summed E-state index contributed by atoms with van der Waals surface area (Å²) in [6.07, 6.45) is 1.59. The van der Waals surface area contributed by atoms with Crippen LogP contribution in [-0.4, -0.2) is 32.8 Å². The monoisotopic (exact) mass is 334 g/mol. The number of benzene rings is 1. The second kappa shape index (κ2) is 7.54. The lowest BCUT2D eigenvalue weighted by Crippen LogP contribution is -2.30. The van der Waals surface area contributed by atoms with Crippen molar-refractivity contribution < 1.29 is 14.1 Å². The van der Waals surface area contributed by atoms with Gasteiger partial charge in [0, 0.05) is 24.2 Å². The Balaban J connectivity index is 2.08. The van der Waals surface area contributed by atoms with Gasteiger partial charge in [-0.3, -0.25) is 14.9 Å². The van der Waals surface area contributed by atoms with E-state index in [4.69, 9.17) is 4.42 Å². The fourth-order valence-corrected chi connectivity index (χ4v) is 2.36. The summed E-state index contributed by atoms with van der Waals surface area (Å²) in [4.78, 5) is 22.0. The lowest BCUT2D eigenvalue weighted by atomic mass is 10.2. The first-order valence-electron chi connectivity index (χ1n) is 6.65. The first-order valence-corrected chi connectivity index (χ1v) is 7.53. The molecule has 9 heteroatoms. The molecule has 120 valence electrons. The van der Waals surface area contributed by atoms with E-state index in [0.29, 0.717) is 12.1 Å². The number of amides is 1. The quantitative estimate of drug-likeness (QED) is 0.358. The number of rotatable bonds is 7. The zero-order valence-corrected chi connectivity index (χ0v) is 13.1. The third-order valence-electron chi connectivity index (χ3n) is 2.78. The summed E-state index contributed by atoms with van der Waals surface area (Å²) in [5, 5.41) is 20.9. The van der Waals surface area contributed by atoms with Crippen LogP contribution >= 0.6 is 11.8 Å².